The molecule has 4 rings (SSSR count). The van der Waals surface area contributed by atoms with Crippen LogP contribution in [-0.4, -0.2) is 45.3 Å². The number of anilines is 3. The average molecular weight is 441 g/mol. The zero-order valence-corrected chi connectivity index (χ0v) is 18.5. The first-order chi connectivity index (χ1) is 15.1. The number of nitrogens with zero attached hydrogens (tertiary/aromatic N) is 4. The zero-order valence-electron chi connectivity index (χ0n) is 17.7. The summed E-state index contributed by atoms with van der Waals surface area (Å²) in [5, 5.41) is 13.3. The molecule has 1 saturated carbocycles. The Kier molecular flexibility index (Phi) is 6.93. The fourth-order valence-corrected chi connectivity index (χ4v) is 4.74. The average Bonchev–Trinajstić information content (AvgIpc) is 3.43. The van der Waals surface area contributed by atoms with Crippen molar-refractivity contribution in [3.05, 3.63) is 36.5 Å². The smallest absolute Gasteiger partial charge is 0.229 e. The van der Waals surface area contributed by atoms with Crippen LogP contribution in [0.1, 0.15) is 32.1 Å². The lowest BCUT2D eigenvalue weighted by molar-refractivity contribution is -0.115. The molecule has 0 unspecified atom stereocenters. The maximum atomic E-state index is 11.6. The lowest BCUT2D eigenvalue weighted by atomic mass is 9.83. The van der Waals surface area contributed by atoms with E-state index in [-0.39, 0.29) is 5.78 Å². The van der Waals surface area contributed by atoms with Gasteiger partial charge < -0.3 is 15.4 Å². The molecule has 0 amide bonds. The van der Waals surface area contributed by atoms with Crippen molar-refractivity contribution in [3.8, 4) is 0 Å². The van der Waals surface area contributed by atoms with Gasteiger partial charge >= 0.3 is 0 Å². The van der Waals surface area contributed by atoms with E-state index in [1.54, 1.807) is 24.6 Å². The highest BCUT2D eigenvalue weighted by atomic mass is 32.1. The molecule has 1 aliphatic rings. The first-order valence-corrected chi connectivity index (χ1v) is 11.5. The Labute approximate surface area is 185 Å². The third-order valence-corrected chi connectivity index (χ3v) is 6.53. The molecular weight excluding hydrogens is 412 g/mol. The number of hydrogen-bond donors (Lipinski definition) is 2. The van der Waals surface area contributed by atoms with Gasteiger partial charge in [-0.2, -0.15) is 10.1 Å². The molecule has 1 fully saturated rings. The number of ketones is 1. The van der Waals surface area contributed by atoms with Gasteiger partial charge in [0.1, 0.15) is 5.82 Å². The van der Waals surface area contributed by atoms with Crippen molar-refractivity contribution in [3.63, 3.8) is 0 Å². The Morgan fingerprint density at radius 3 is 2.97 bits per heavy atom. The van der Waals surface area contributed by atoms with Gasteiger partial charge in [-0.3, -0.25) is 9.48 Å². The predicted octanol–water partition coefficient (Wildman–Crippen LogP) is 4.39. The maximum Gasteiger partial charge on any atom is 0.229 e. The number of nitrogens with one attached hydrogen (secondary N) is 2. The number of thiophene rings is 1. The quantitative estimate of drug-likeness (QED) is 0.451. The Balaban J connectivity index is 1.43. The van der Waals surface area contributed by atoms with E-state index in [9.17, 15) is 4.79 Å². The largest absolute Gasteiger partial charge is 0.383 e. The molecule has 3 aromatic rings. The summed E-state index contributed by atoms with van der Waals surface area (Å²) in [4.78, 5) is 21.1. The lowest BCUT2D eigenvalue weighted by Gasteiger charge is -2.29. The van der Waals surface area contributed by atoms with E-state index >= 15 is 0 Å². The van der Waals surface area contributed by atoms with Gasteiger partial charge in [0, 0.05) is 25.8 Å². The minimum Gasteiger partial charge on any atom is -0.383 e. The summed E-state index contributed by atoms with van der Waals surface area (Å²) in [6.45, 7) is 4.88. The van der Waals surface area contributed by atoms with E-state index in [2.05, 4.69) is 27.3 Å². The second kappa shape index (κ2) is 10.0. The number of rotatable bonds is 10. The van der Waals surface area contributed by atoms with Gasteiger partial charge in [0.2, 0.25) is 5.95 Å². The molecule has 8 nitrogen and oxygen atoms in total. The Bertz CT molecular complexity index is 1040. The molecule has 0 radical (unpaired) electrons. The van der Waals surface area contributed by atoms with Gasteiger partial charge in [-0.25, -0.2) is 4.98 Å². The molecule has 2 N–H and O–H groups in total. The Morgan fingerprint density at radius 2 is 2.19 bits per heavy atom. The third kappa shape index (κ3) is 5.48. The number of allylic oxidation sites excluding steroid dienone is 1. The topological polar surface area (TPSA) is 94.0 Å². The molecule has 0 spiro atoms. The SMILES string of the molecule is C=CC(=O)CC1CCC(Nc2nc(Nc3cnn(CCOC)c3)nc3ccsc23)CC1. The van der Waals surface area contributed by atoms with Crippen LogP contribution < -0.4 is 10.6 Å². The molecule has 1 aliphatic carbocycles. The molecule has 3 heterocycles. The Hall–Kier alpha value is -2.78. The summed E-state index contributed by atoms with van der Waals surface area (Å²) in [7, 11) is 1.67. The summed E-state index contributed by atoms with van der Waals surface area (Å²) >= 11 is 1.64. The molecule has 3 aromatic heterocycles. The number of methoxy groups -OCH3 is 1. The van der Waals surface area contributed by atoms with Crippen molar-refractivity contribution in [2.45, 2.75) is 44.7 Å². The highest BCUT2D eigenvalue weighted by Gasteiger charge is 2.23. The van der Waals surface area contributed by atoms with Gasteiger partial charge in [-0.05, 0) is 49.1 Å². The van der Waals surface area contributed by atoms with Crippen molar-refractivity contribution in [2.24, 2.45) is 5.92 Å². The number of carbonyl (C=O) groups excluding carboxylic acids is 1. The number of aromatic nitrogens is 4. The molecular formula is C22H28N6O2S. The van der Waals surface area contributed by atoms with Crippen molar-refractivity contribution in [1.29, 1.82) is 0 Å². The van der Waals surface area contributed by atoms with Crippen LogP contribution >= 0.6 is 11.3 Å². The van der Waals surface area contributed by atoms with Crippen LogP contribution in [0.2, 0.25) is 0 Å². The molecule has 0 bridgehead atoms. The van der Waals surface area contributed by atoms with E-state index in [0.29, 0.717) is 37.5 Å². The number of hydrogen-bond acceptors (Lipinski definition) is 8. The second-order valence-corrected chi connectivity index (χ2v) is 8.79. The van der Waals surface area contributed by atoms with Crippen molar-refractivity contribution >= 4 is 44.8 Å². The monoisotopic (exact) mass is 440 g/mol. The van der Waals surface area contributed by atoms with Crippen LogP contribution in [0.4, 0.5) is 17.5 Å². The van der Waals surface area contributed by atoms with Gasteiger partial charge in [-0.15, -0.1) is 11.3 Å². The normalized spacial score (nSPS) is 18.7. The fourth-order valence-electron chi connectivity index (χ4n) is 3.95. The fraction of sp³-hybridized carbons (Fsp3) is 0.455. The van der Waals surface area contributed by atoms with Gasteiger partial charge in [-0.1, -0.05) is 6.58 Å². The van der Waals surface area contributed by atoms with Crippen LogP contribution in [0, 0.1) is 5.92 Å². The number of carbonyl (C=O) groups is 1. The maximum absolute atomic E-state index is 11.6. The lowest BCUT2D eigenvalue weighted by Crippen LogP contribution is -2.27. The van der Waals surface area contributed by atoms with Crippen LogP contribution in [-0.2, 0) is 16.1 Å². The van der Waals surface area contributed by atoms with Gasteiger partial charge in [0.25, 0.3) is 0 Å². The first kappa shape index (κ1) is 21.5. The van der Waals surface area contributed by atoms with Crippen LogP contribution in [0.3, 0.4) is 0 Å². The van der Waals surface area contributed by atoms with Gasteiger partial charge in [0.15, 0.2) is 5.78 Å². The zero-order chi connectivity index (χ0) is 21.6. The standard InChI is InChI=1S/C22H28N6O2S/c1-3-18(29)12-15-4-6-16(7-5-15)24-21-20-19(8-11-31-20)26-22(27-21)25-17-13-23-28(14-17)9-10-30-2/h3,8,11,13-16H,1,4-7,9-10,12H2,2H3,(H2,24,25,26,27). The molecule has 164 valence electrons. The predicted molar refractivity (Wildman–Crippen MR) is 124 cm³/mol. The molecule has 0 aromatic carbocycles. The molecule has 9 heteroatoms. The highest BCUT2D eigenvalue weighted by molar-refractivity contribution is 7.17. The molecule has 0 aliphatic heterocycles. The van der Waals surface area contributed by atoms with Crippen LogP contribution in [0.15, 0.2) is 36.5 Å². The van der Waals surface area contributed by atoms with E-state index in [1.807, 2.05) is 22.3 Å². The van der Waals surface area contributed by atoms with E-state index in [1.165, 1.54) is 6.08 Å². The summed E-state index contributed by atoms with van der Waals surface area (Å²) < 4.78 is 7.98. The third-order valence-electron chi connectivity index (χ3n) is 5.62. The summed E-state index contributed by atoms with van der Waals surface area (Å²) in [5.74, 6) is 2.01. The van der Waals surface area contributed by atoms with E-state index in [0.717, 1.165) is 47.4 Å². The van der Waals surface area contributed by atoms with Crippen molar-refractivity contribution in [2.75, 3.05) is 24.4 Å². The molecule has 31 heavy (non-hydrogen) atoms. The first-order valence-electron chi connectivity index (χ1n) is 10.6. The number of fused-ring (bicyclic) bond motifs is 1. The van der Waals surface area contributed by atoms with Crippen molar-refractivity contribution in [1.82, 2.24) is 19.7 Å². The Morgan fingerprint density at radius 1 is 1.35 bits per heavy atom. The van der Waals surface area contributed by atoms with Crippen LogP contribution in [0.25, 0.3) is 10.2 Å². The molecule has 0 atom stereocenters. The minimum absolute atomic E-state index is 0.147. The van der Waals surface area contributed by atoms with Gasteiger partial charge in [0.05, 0.1) is 35.3 Å². The van der Waals surface area contributed by atoms with Crippen LogP contribution in [0.5, 0.6) is 0 Å². The summed E-state index contributed by atoms with van der Waals surface area (Å²) in [5.41, 5.74) is 1.76. The van der Waals surface area contributed by atoms with E-state index < -0.39 is 0 Å². The molecule has 0 saturated heterocycles. The summed E-state index contributed by atoms with van der Waals surface area (Å²) in [6, 6.07) is 2.36. The van der Waals surface area contributed by atoms with Crippen molar-refractivity contribution < 1.29 is 9.53 Å². The second-order valence-electron chi connectivity index (χ2n) is 7.88. The summed E-state index contributed by atoms with van der Waals surface area (Å²) in [6.07, 6.45) is 9.87. The number of ether oxygens (including phenoxy) is 1. The van der Waals surface area contributed by atoms with E-state index in [4.69, 9.17) is 9.72 Å². The highest BCUT2D eigenvalue weighted by Crippen LogP contribution is 2.33. The minimum atomic E-state index is 0.147.